The molecule has 0 aliphatic heterocycles. The van der Waals surface area contributed by atoms with Crippen molar-refractivity contribution in [3.8, 4) is 11.1 Å². The molecule has 0 bridgehead atoms. The summed E-state index contributed by atoms with van der Waals surface area (Å²) in [4.78, 5) is 0. The summed E-state index contributed by atoms with van der Waals surface area (Å²) >= 11 is 0. The smallest absolute Gasteiger partial charge is 0.226 e. The first-order valence-electron chi connectivity index (χ1n) is 6.90. The van der Waals surface area contributed by atoms with Crippen molar-refractivity contribution < 1.29 is 61.5 Å². The van der Waals surface area contributed by atoms with E-state index in [1.165, 1.54) is 0 Å². The Kier molecular flexibility index (Phi) is 4.20. The van der Waals surface area contributed by atoms with Crippen LogP contribution in [-0.4, -0.2) is 12.1 Å². The Morgan fingerprint density at radius 1 is 0.448 bits per heavy atom. The molecule has 0 aromatic heterocycles. The van der Waals surface area contributed by atoms with Crippen LogP contribution in [0.3, 0.4) is 0 Å². The number of halogens is 14. The third-order valence-electron chi connectivity index (χ3n) is 4.26. The van der Waals surface area contributed by atoms with Crippen molar-refractivity contribution in [3.63, 3.8) is 0 Å². The predicted octanol–water partition coefficient (Wildman–Crippen LogP) is 6.19. The molecule has 2 aromatic carbocycles. The van der Waals surface area contributed by atoms with Gasteiger partial charge in [0, 0.05) is 11.1 Å². The van der Waals surface area contributed by atoms with Gasteiger partial charge in [0.2, 0.25) is 5.67 Å². The molecular weight excluding hydrogens is 446 g/mol. The maximum Gasteiger partial charge on any atom is 0.457 e. The molecule has 0 radical (unpaired) electrons. The maximum absolute atomic E-state index is 15.2. The number of alkyl halides is 6. The number of benzene rings is 2. The second kappa shape index (κ2) is 5.75. The number of rotatable bonds is 1. The minimum absolute atomic E-state index is 2.50. The van der Waals surface area contributed by atoms with Gasteiger partial charge in [-0.25, -0.2) is 39.5 Å². The molecule has 0 atom stereocenters. The van der Waals surface area contributed by atoms with Crippen molar-refractivity contribution in [3.05, 3.63) is 57.7 Å². The van der Waals surface area contributed by atoms with Crippen LogP contribution in [-0.2, 0) is 5.67 Å². The van der Waals surface area contributed by atoms with E-state index >= 15 is 4.39 Å². The maximum atomic E-state index is 15.2. The Bertz CT molecular complexity index is 995. The normalized spacial score (nSPS) is 15.5. The van der Waals surface area contributed by atoms with E-state index < -0.39 is 86.6 Å². The highest BCUT2D eigenvalue weighted by atomic mass is 19.4. The lowest BCUT2D eigenvalue weighted by molar-refractivity contribution is -0.323. The zero-order chi connectivity index (χ0) is 22.4. The molecule has 29 heavy (non-hydrogen) atoms. The molecule has 0 heterocycles. The van der Waals surface area contributed by atoms with Gasteiger partial charge in [-0.05, 0) is 0 Å². The fraction of sp³-hybridized carbons (Fsp3) is 0.200. The van der Waals surface area contributed by atoms with Crippen molar-refractivity contribution >= 4 is 0 Å². The quantitative estimate of drug-likeness (QED) is 0.279. The fourth-order valence-corrected chi connectivity index (χ4v) is 3.01. The third kappa shape index (κ3) is 2.22. The minimum atomic E-state index is -7.05. The minimum Gasteiger partial charge on any atom is -0.226 e. The van der Waals surface area contributed by atoms with Crippen molar-refractivity contribution in [1.82, 2.24) is 0 Å². The second-order valence-electron chi connectivity index (χ2n) is 5.74. The van der Waals surface area contributed by atoms with Crippen LogP contribution in [0.5, 0.6) is 0 Å². The molecule has 0 unspecified atom stereocenters. The van der Waals surface area contributed by atoms with Crippen LogP contribution in [0.2, 0.25) is 0 Å². The molecular formula is C15F14. The van der Waals surface area contributed by atoms with Gasteiger partial charge in [0.15, 0.2) is 46.5 Å². The Hall–Kier alpha value is -2.54. The lowest BCUT2D eigenvalue weighted by Gasteiger charge is -2.33. The molecule has 0 nitrogen and oxygen atoms in total. The second-order valence-corrected chi connectivity index (χ2v) is 5.74. The molecule has 0 spiro atoms. The molecule has 0 N–H and O–H groups in total. The number of fused-ring (bicyclic) bond motifs is 3. The Morgan fingerprint density at radius 3 is 1.00 bits per heavy atom. The highest BCUT2D eigenvalue weighted by Crippen LogP contribution is 2.64. The summed E-state index contributed by atoms with van der Waals surface area (Å²) in [6, 6.07) is 0. The number of hydrogen-bond donors (Lipinski definition) is 0. The van der Waals surface area contributed by atoms with E-state index in [-0.39, 0.29) is 0 Å². The Labute approximate surface area is 149 Å². The average molecular weight is 446 g/mol. The van der Waals surface area contributed by atoms with Crippen LogP contribution >= 0.6 is 0 Å². The molecule has 0 saturated heterocycles. The average Bonchev–Trinajstić information content (AvgIpc) is 2.91. The van der Waals surface area contributed by atoms with Crippen LogP contribution in [0, 0.1) is 46.5 Å². The van der Waals surface area contributed by atoms with Gasteiger partial charge in [0.1, 0.15) is 0 Å². The Morgan fingerprint density at radius 2 is 0.724 bits per heavy atom. The fourth-order valence-electron chi connectivity index (χ4n) is 3.01. The molecule has 0 saturated carbocycles. The summed E-state index contributed by atoms with van der Waals surface area (Å²) in [5.41, 5.74) is -17.1. The lowest BCUT2D eigenvalue weighted by atomic mass is 9.85. The van der Waals surface area contributed by atoms with Gasteiger partial charge in [0.05, 0.1) is 11.1 Å². The summed E-state index contributed by atoms with van der Waals surface area (Å²) in [5, 5.41) is 0. The van der Waals surface area contributed by atoms with Crippen LogP contribution < -0.4 is 0 Å². The van der Waals surface area contributed by atoms with Crippen LogP contribution in [0.1, 0.15) is 11.1 Å². The first-order chi connectivity index (χ1) is 13.0. The van der Waals surface area contributed by atoms with E-state index in [2.05, 4.69) is 0 Å². The van der Waals surface area contributed by atoms with Crippen LogP contribution in [0.15, 0.2) is 0 Å². The van der Waals surface area contributed by atoms with Gasteiger partial charge >= 0.3 is 12.1 Å². The first kappa shape index (κ1) is 21.2. The third-order valence-corrected chi connectivity index (χ3v) is 4.26. The summed E-state index contributed by atoms with van der Waals surface area (Å²) < 4.78 is 191. The van der Waals surface area contributed by atoms with Crippen molar-refractivity contribution in [2.45, 2.75) is 17.8 Å². The van der Waals surface area contributed by atoms with E-state index in [9.17, 15) is 57.1 Å². The summed E-state index contributed by atoms with van der Waals surface area (Å²) in [7, 11) is 0. The SMILES string of the molecule is Fc1c(F)c(F)c2c(c1F)-c1c(F)c(F)c(F)c(F)c1C2(F)C(F)(F)C(F)(F)F. The Balaban J connectivity index is 2.71. The van der Waals surface area contributed by atoms with E-state index in [4.69, 9.17) is 0 Å². The zero-order valence-electron chi connectivity index (χ0n) is 12.8. The van der Waals surface area contributed by atoms with E-state index in [1.807, 2.05) is 0 Å². The van der Waals surface area contributed by atoms with Crippen molar-refractivity contribution in [2.75, 3.05) is 0 Å². The molecule has 1 aliphatic rings. The van der Waals surface area contributed by atoms with Gasteiger partial charge in [0.25, 0.3) is 0 Å². The van der Waals surface area contributed by atoms with Gasteiger partial charge in [-0.15, -0.1) is 0 Å². The molecule has 0 fully saturated rings. The molecule has 14 heteroatoms. The molecule has 3 rings (SSSR count). The van der Waals surface area contributed by atoms with Gasteiger partial charge in [-0.2, -0.15) is 22.0 Å². The van der Waals surface area contributed by atoms with Crippen molar-refractivity contribution in [2.24, 2.45) is 0 Å². The monoisotopic (exact) mass is 446 g/mol. The first-order valence-corrected chi connectivity index (χ1v) is 6.90. The van der Waals surface area contributed by atoms with Crippen molar-refractivity contribution in [1.29, 1.82) is 0 Å². The van der Waals surface area contributed by atoms with Gasteiger partial charge in [-0.1, -0.05) is 0 Å². The summed E-state index contributed by atoms with van der Waals surface area (Å²) in [5.74, 6) is -31.4. The molecule has 1 aliphatic carbocycles. The van der Waals surface area contributed by atoms with E-state index in [1.54, 1.807) is 0 Å². The van der Waals surface area contributed by atoms with Gasteiger partial charge in [-0.3, -0.25) is 0 Å². The highest BCUT2D eigenvalue weighted by molar-refractivity contribution is 5.82. The van der Waals surface area contributed by atoms with Crippen LogP contribution in [0.4, 0.5) is 61.5 Å². The summed E-state index contributed by atoms with van der Waals surface area (Å²) in [6.45, 7) is 0. The molecule has 0 amide bonds. The summed E-state index contributed by atoms with van der Waals surface area (Å²) in [6.07, 6.45) is -7.05. The predicted molar refractivity (Wildman–Crippen MR) is 64.4 cm³/mol. The molecule has 158 valence electrons. The topological polar surface area (TPSA) is 0 Å². The number of hydrogen-bond acceptors (Lipinski definition) is 0. The van der Waals surface area contributed by atoms with Crippen LogP contribution in [0.25, 0.3) is 11.1 Å². The van der Waals surface area contributed by atoms with E-state index in [0.717, 1.165) is 0 Å². The molecule has 2 aromatic rings. The zero-order valence-corrected chi connectivity index (χ0v) is 12.8. The van der Waals surface area contributed by atoms with E-state index in [0.29, 0.717) is 0 Å². The van der Waals surface area contributed by atoms with Gasteiger partial charge < -0.3 is 0 Å². The lowest BCUT2D eigenvalue weighted by Crippen LogP contribution is -2.53. The standard InChI is InChI=1S/C15F14/c16-5-1-2-4(8(19)12(23)10(21)6(2)17)13(24,14(25,26)15(27,28)29)3(1)7(18)11(22)9(5)20. The largest absolute Gasteiger partial charge is 0.457 e. The highest BCUT2D eigenvalue weighted by Gasteiger charge is 2.77.